The third-order valence-corrected chi connectivity index (χ3v) is 5.80. The third-order valence-electron chi connectivity index (χ3n) is 4.74. The van der Waals surface area contributed by atoms with E-state index in [1.165, 1.54) is 19.4 Å². The number of halogens is 3. The monoisotopic (exact) mass is 606 g/mol. The maximum Gasteiger partial charge on any atom is 0.329 e. The molecule has 0 heterocycles. The van der Waals surface area contributed by atoms with E-state index in [1.807, 2.05) is 6.92 Å². The number of hydrogen-bond acceptors (Lipinski definition) is 6. The van der Waals surface area contributed by atoms with Crippen molar-refractivity contribution in [2.75, 3.05) is 24.4 Å². The first-order chi connectivity index (χ1) is 17.7. The van der Waals surface area contributed by atoms with Crippen LogP contribution in [0.4, 0.5) is 11.4 Å². The summed E-state index contributed by atoms with van der Waals surface area (Å²) in [6.45, 7) is 1.56. The van der Waals surface area contributed by atoms with Crippen LogP contribution in [0.1, 0.15) is 11.1 Å². The molecule has 3 N–H and O–H groups in total. The van der Waals surface area contributed by atoms with Crippen molar-refractivity contribution in [1.29, 1.82) is 0 Å². The molecule has 0 unspecified atom stereocenters. The molecule has 0 aliphatic rings. The molecule has 3 aromatic carbocycles. The predicted molar refractivity (Wildman–Crippen MR) is 147 cm³/mol. The molecule has 0 atom stereocenters. The van der Waals surface area contributed by atoms with E-state index >= 15 is 0 Å². The molecular formula is C25H21BrCl2N4O5. The summed E-state index contributed by atoms with van der Waals surface area (Å²) in [6, 6.07) is 14.8. The summed E-state index contributed by atoms with van der Waals surface area (Å²) in [7, 11) is 1.44. The number of nitrogens with zero attached hydrogens (tertiary/aromatic N) is 1. The Hall–Kier alpha value is -3.60. The fourth-order valence-electron chi connectivity index (χ4n) is 2.98. The lowest BCUT2D eigenvalue weighted by Gasteiger charge is -2.14. The Labute approximate surface area is 231 Å². The zero-order valence-electron chi connectivity index (χ0n) is 19.6. The molecule has 3 aromatic rings. The molecule has 3 amide bonds. The van der Waals surface area contributed by atoms with Crippen molar-refractivity contribution >= 4 is 74.4 Å². The average Bonchev–Trinajstić information content (AvgIpc) is 2.85. The molecule has 9 nitrogen and oxygen atoms in total. The quantitative estimate of drug-likeness (QED) is 0.185. The molecule has 192 valence electrons. The summed E-state index contributed by atoms with van der Waals surface area (Å²) >= 11 is 15.2. The van der Waals surface area contributed by atoms with Crippen LogP contribution < -0.4 is 25.5 Å². The van der Waals surface area contributed by atoms with Gasteiger partial charge in [-0.3, -0.25) is 14.4 Å². The first-order valence-corrected chi connectivity index (χ1v) is 12.2. The maximum absolute atomic E-state index is 12.4. The van der Waals surface area contributed by atoms with Crippen molar-refractivity contribution in [3.8, 4) is 11.5 Å². The van der Waals surface area contributed by atoms with Crippen LogP contribution in [-0.4, -0.2) is 37.7 Å². The van der Waals surface area contributed by atoms with Crippen molar-refractivity contribution in [3.05, 3.63) is 80.2 Å². The molecule has 0 aromatic heterocycles. The van der Waals surface area contributed by atoms with Gasteiger partial charge in [-0.1, -0.05) is 35.3 Å². The second-order valence-electron chi connectivity index (χ2n) is 7.49. The van der Waals surface area contributed by atoms with Gasteiger partial charge >= 0.3 is 11.8 Å². The van der Waals surface area contributed by atoms with E-state index in [1.54, 1.807) is 48.5 Å². The van der Waals surface area contributed by atoms with Crippen molar-refractivity contribution in [1.82, 2.24) is 5.43 Å². The second kappa shape index (κ2) is 13.1. The van der Waals surface area contributed by atoms with Crippen LogP contribution in [0.15, 0.2) is 64.2 Å². The fraction of sp³-hybridized carbons (Fsp3) is 0.120. The highest BCUT2D eigenvalue weighted by molar-refractivity contribution is 9.10. The Morgan fingerprint density at radius 2 is 1.76 bits per heavy atom. The van der Waals surface area contributed by atoms with Gasteiger partial charge in [-0.25, -0.2) is 5.43 Å². The van der Waals surface area contributed by atoms with Crippen molar-refractivity contribution in [2.45, 2.75) is 6.92 Å². The number of hydrogen-bond donors (Lipinski definition) is 3. The third kappa shape index (κ3) is 8.21. The van der Waals surface area contributed by atoms with E-state index in [-0.39, 0.29) is 12.5 Å². The van der Waals surface area contributed by atoms with Crippen LogP contribution in [0.2, 0.25) is 10.0 Å². The van der Waals surface area contributed by atoms with E-state index in [4.69, 9.17) is 32.7 Å². The minimum atomic E-state index is -0.969. The minimum Gasteiger partial charge on any atom is -0.493 e. The molecule has 0 spiro atoms. The number of benzene rings is 3. The SMILES string of the molecule is COc1cc(/C=N\NC(=O)C(=O)Nc2cccc(Cl)c2)cc(Br)c1OCC(=O)Nc1cc(Cl)ccc1C. The molecular weight excluding hydrogens is 587 g/mol. The summed E-state index contributed by atoms with van der Waals surface area (Å²) in [4.78, 5) is 36.4. The highest BCUT2D eigenvalue weighted by Gasteiger charge is 2.15. The number of hydrazone groups is 1. The smallest absolute Gasteiger partial charge is 0.329 e. The Morgan fingerprint density at radius 1 is 1.00 bits per heavy atom. The zero-order valence-corrected chi connectivity index (χ0v) is 22.7. The van der Waals surface area contributed by atoms with Gasteiger partial charge in [0.25, 0.3) is 5.91 Å². The summed E-state index contributed by atoms with van der Waals surface area (Å²) < 4.78 is 11.5. The van der Waals surface area contributed by atoms with Crippen molar-refractivity contribution in [3.63, 3.8) is 0 Å². The van der Waals surface area contributed by atoms with Gasteiger partial charge in [-0.2, -0.15) is 5.10 Å². The van der Waals surface area contributed by atoms with Crippen LogP contribution in [0.5, 0.6) is 11.5 Å². The molecule has 0 saturated carbocycles. The van der Waals surface area contributed by atoms with Crippen LogP contribution in [0.3, 0.4) is 0 Å². The van der Waals surface area contributed by atoms with Crippen LogP contribution in [0, 0.1) is 6.92 Å². The van der Waals surface area contributed by atoms with E-state index in [0.717, 1.165) is 5.56 Å². The van der Waals surface area contributed by atoms with Gasteiger partial charge in [-0.05, 0) is 76.4 Å². The minimum absolute atomic E-state index is 0.286. The number of nitrogens with one attached hydrogen (secondary N) is 3. The Bertz CT molecular complexity index is 1370. The zero-order chi connectivity index (χ0) is 26.9. The van der Waals surface area contributed by atoms with Gasteiger partial charge in [-0.15, -0.1) is 0 Å². The van der Waals surface area contributed by atoms with Gasteiger partial charge in [0.2, 0.25) is 0 Å². The summed E-state index contributed by atoms with van der Waals surface area (Å²) in [5.74, 6) is -1.66. The second-order valence-corrected chi connectivity index (χ2v) is 9.22. The Kier molecular flexibility index (Phi) is 9.90. The fourth-order valence-corrected chi connectivity index (χ4v) is 3.91. The van der Waals surface area contributed by atoms with E-state index in [0.29, 0.717) is 43.0 Å². The molecule has 0 bridgehead atoms. The van der Waals surface area contributed by atoms with Gasteiger partial charge in [0.15, 0.2) is 18.1 Å². The lowest BCUT2D eigenvalue weighted by atomic mass is 10.2. The number of carbonyl (C=O) groups excluding carboxylic acids is 3. The molecule has 0 radical (unpaired) electrons. The van der Waals surface area contributed by atoms with E-state index in [2.05, 4.69) is 37.1 Å². The number of ether oxygens (including phenoxy) is 2. The predicted octanol–water partition coefficient (Wildman–Crippen LogP) is 5.18. The highest BCUT2D eigenvalue weighted by atomic mass is 79.9. The highest BCUT2D eigenvalue weighted by Crippen LogP contribution is 2.36. The lowest BCUT2D eigenvalue weighted by molar-refractivity contribution is -0.136. The van der Waals surface area contributed by atoms with Crippen molar-refractivity contribution < 1.29 is 23.9 Å². The summed E-state index contributed by atoms with van der Waals surface area (Å²) in [5.41, 5.74) is 4.48. The summed E-state index contributed by atoms with van der Waals surface area (Å²) in [5, 5.41) is 9.89. The molecule has 0 aliphatic carbocycles. The van der Waals surface area contributed by atoms with Gasteiger partial charge in [0.1, 0.15) is 0 Å². The molecule has 0 aliphatic heterocycles. The topological polar surface area (TPSA) is 118 Å². The molecule has 37 heavy (non-hydrogen) atoms. The summed E-state index contributed by atoms with van der Waals surface area (Å²) in [6.07, 6.45) is 1.32. The molecule has 12 heteroatoms. The lowest BCUT2D eigenvalue weighted by Crippen LogP contribution is -2.32. The van der Waals surface area contributed by atoms with Crippen LogP contribution in [0.25, 0.3) is 0 Å². The van der Waals surface area contributed by atoms with E-state index in [9.17, 15) is 14.4 Å². The largest absolute Gasteiger partial charge is 0.493 e. The van der Waals surface area contributed by atoms with Crippen LogP contribution in [-0.2, 0) is 14.4 Å². The normalized spacial score (nSPS) is 10.6. The van der Waals surface area contributed by atoms with Crippen molar-refractivity contribution in [2.24, 2.45) is 5.10 Å². The number of anilines is 2. The molecule has 0 saturated heterocycles. The van der Waals surface area contributed by atoms with Gasteiger partial charge < -0.3 is 20.1 Å². The number of aryl methyl sites for hydroxylation is 1. The number of rotatable bonds is 8. The number of methoxy groups -OCH3 is 1. The molecule has 0 fully saturated rings. The number of amides is 3. The average molecular weight is 608 g/mol. The maximum atomic E-state index is 12.4. The first kappa shape index (κ1) is 28.0. The standard InChI is InChI=1S/C25H21BrCl2N4O5/c1-14-6-7-17(28)11-20(14)31-22(33)13-37-23-19(26)8-15(9-21(23)36-2)12-29-32-25(35)24(34)30-18-5-3-4-16(27)10-18/h3-12H,13H2,1-2H3,(H,30,34)(H,31,33)(H,32,35)/b29-12-. The van der Waals surface area contributed by atoms with E-state index < -0.39 is 11.8 Å². The Balaban J connectivity index is 1.59. The van der Waals surface area contributed by atoms with Crippen LogP contribution >= 0.6 is 39.1 Å². The first-order valence-electron chi connectivity index (χ1n) is 10.6. The Morgan fingerprint density at radius 3 is 2.49 bits per heavy atom. The van der Waals surface area contributed by atoms with Gasteiger partial charge in [0, 0.05) is 21.4 Å². The molecule has 3 rings (SSSR count). The van der Waals surface area contributed by atoms with Gasteiger partial charge in [0.05, 0.1) is 17.8 Å². The number of carbonyl (C=O) groups is 3.